The van der Waals surface area contributed by atoms with Crippen LogP contribution in [0.4, 0.5) is 16.6 Å². The van der Waals surface area contributed by atoms with E-state index in [1.807, 2.05) is 79.3 Å². The molecule has 7 rings (SSSR count). The van der Waals surface area contributed by atoms with Gasteiger partial charge in [-0.2, -0.15) is 5.10 Å². The predicted octanol–water partition coefficient (Wildman–Crippen LogP) is 7.70. The molecule has 2 aliphatic rings. The van der Waals surface area contributed by atoms with Gasteiger partial charge in [0.2, 0.25) is 5.95 Å². The van der Waals surface area contributed by atoms with Gasteiger partial charge in [-0.15, -0.1) is 10.2 Å². The number of anilines is 2. The van der Waals surface area contributed by atoms with Crippen LogP contribution in [-0.4, -0.2) is 74.6 Å². The van der Waals surface area contributed by atoms with Crippen LogP contribution in [-0.2, 0) is 5.41 Å². The zero-order valence-electron chi connectivity index (χ0n) is 32.0. The minimum absolute atomic E-state index is 0.00802. The van der Waals surface area contributed by atoms with Crippen molar-refractivity contribution < 1.29 is 14.3 Å². The van der Waals surface area contributed by atoms with Crippen LogP contribution in [0.25, 0.3) is 11.3 Å². The topological polar surface area (TPSA) is 114 Å². The van der Waals surface area contributed by atoms with Crippen molar-refractivity contribution >= 4 is 23.4 Å². The Labute approximate surface area is 312 Å². The molecular formula is C41H53N9O3. The lowest BCUT2D eigenvalue weighted by atomic mass is 9.85. The number of nitrogens with one attached hydrogen (secondary N) is 2. The van der Waals surface area contributed by atoms with Crippen LogP contribution >= 0.6 is 0 Å². The number of carbonyl (C=O) groups excluding carboxylic acids is 1. The number of fused-ring (bicyclic) bond motifs is 2. The average molecular weight is 720 g/mol. The Balaban J connectivity index is 1.08. The fourth-order valence-electron chi connectivity index (χ4n) is 7.52. The minimum Gasteiger partial charge on any atom is -0.489 e. The Hall–Kier alpha value is -5.10. The van der Waals surface area contributed by atoms with E-state index >= 15 is 0 Å². The molecular weight excluding hydrogens is 667 g/mol. The Morgan fingerprint density at radius 1 is 0.962 bits per heavy atom. The zero-order chi connectivity index (χ0) is 37.3. The molecule has 2 N–H and O–H groups in total. The summed E-state index contributed by atoms with van der Waals surface area (Å²) in [7, 11) is 4.06. The lowest BCUT2D eigenvalue weighted by molar-refractivity contribution is 0.171. The van der Waals surface area contributed by atoms with E-state index in [9.17, 15) is 4.79 Å². The molecule has 4 atom stereocenters. The second-order valence-corrected chi connectivity index (χ2v) is 15.9. The smallest absolute Gasteiger partial charge is 0.320 e. The van der Waals surface area contributed by atoms with Gasteiger partial charge < -0.3 is 24.6 Å². The average Bonchev–Trinajstić information content (AvgIpc) is 3.74. The Kier molecular flexibility index (Phi) is 10.3. The third-order valence-electron chi connectivity index (χ3n) is 10.2. The van der Waals surface area contributed by atoms with Gasteiger partial charge in [-0.1, -0.05) is 51.1 Å². The number of hydrogen-bond donors (Lipinski definition) is 2. The van der Waals surface area contributed by atoms with Crippen molar-refractivity contribution in [2.24, 2.45) is 0 Å². The highest BCUT2D eigenvalue weighted by atomic mass is 16.5. The van der Waals surface area contributed by atoms with Gasteiger partial charge in [-0.3, -0.25) is 9.72 Å². The summed E-state index contributed by atoms with van der Waals surface area (Å²) in [6, 6.07) is 21.9. The molecule has 1 fully saturated rings. The monoisotopic (exact) mass is 719 g/mol. The quantitative estimate of drug-likeness (QED) is 0.151. The summed E-state index contributed by atoms with van der Waals surface area (Å²) in [5, 5.41) is 20.3. The van der Waals surface area contributed by atoms with Gasteiger partial charge in [-0.25, -0.2) is 9.48 Å². The number of nitrogens with zero attached hydrogens (tertiary/aromatic N) is 7. The molecule has 0 unspecified atom stereocenters. The normalized spacial score (nSPS) is 19.5. The molecule has 3 aromatic heterocycles. The molecule has 4 heterocycles. The van der Waals surface area contributed by atoms with Crippen molar-refractivity contribution in [3.8, 4) is 17.2 Å². The third kappa shape index (κ3) is 8.12. The molecule has 0 radical (unpaired) electrons. The van der Waals surface area contributed by atoms with E-state index in [0.717, 1.165) is 84.4 Å². The first kappa shape index (κ1) is 36.3. The highest BCUT2D eigenvalue weighted by molar-refractivity contribution is 5.89. The molecule has 0 saturated carbocycles. The van der Waals surface area contributed by atoms with Crippen molar-refractivity contribution in [1.82, 2.24) is 34.6 Å². The summed E-state index contributed by atoms with van der Waals surface area (Å²) in [5.41, 5.74) is 4.36. The molecule has 12 heteroatoms. The molecule has 0 bridgehead atoms. The minimum atomic E-state index is -0.296. The van der Waals surface area contributed by atoms with Crippen molar-refractivity contribution in [3.63, 3.8) is 0 Å². The predicted molar refractivity (Wildman–Crippen MR) is 208 cm³/mol. The molecule has 2 aromatic carbocycles. The van der Waals surface area contributed by atoms with Crippen molar-refractivity contribution in [1.29, 1.82) is 0 Å². The number of rotatable bonds is 10. The van der Waals surface area contributed by atoms with Gasteiger partial charge >= 0.3 is 6.03 Å². The van der Waals surface area contributed by atoms with Crippen molar-refractivity contribution in [2.45, 2.75) is 96.4 Å². The largest absolute Gasteiger partial charge is 0.489 e. The molecule has 2 amide bonds. The Bertz CT molecular complexity index is 2050. The third-order valence-corrected chi connectivity index (χ3v) is 10.2. The number of carbonyl (C=O) groups is 1. The summed E-state index contributed by atoms with van der Waals surface area (Å²) in [5.74, 6) is 2.95. The molecule has 1 saturated heterocycles. The lowest BCUT2D eigenvalue weighted by Crippen LogP contribution is -2.38. The number of likely N-dealkylation sites (N-methyl/N-ethyl adjacent to an activating group) is 1. The molecule has 5 aromatic rings. The lowest BCUT2D eigenvalue weighted by Gasteiger charge is -2.33. The summed E-state index contributed by atoms with van der Waals surface area (Å²) in [4.78, 5) is 18.2. The van der Waals surface area contributed by atoms with Gasteiger partial charge in [0, 0.05) is 36.7 Å². The van der Waals surface area contributed by atoms with E-state index in [1.54, 1.807) is 4.68 Å². The number of ether oxygens (including phenoxy) is 2. The van der Waals surface area contributed by atoms with Gasteiger partial charge in [0.25, 0.3) is 0 Å². The van der Waals surface area contributed by atoms with Crippen LogP contribution in [0.15, 0.2) is 72.9 Å². The SMILES string of the molecule is C[C@@H](CN(C)C)Oc1cccc(-n2nc(C(C)(C)C)cc2NC(=O)N[C@H]2CC[C@@H](Oc3ccc4nnc(N5CCCC[C@@H]5C)n4c3)c3ccccc32)c1. The molecule has 12 nitrogen and oxygen atoms in total. The summed E-state index contributed by atoms with van der Waals surface area (Å²) in [6.07, 6.45) is 6.86. The number of amides is 2. The number of piperidine rings is 1. The first-order valence-electron chi connectivity index (χ1n) is 18.9. The summed E-state index contributed by atoms with van der Waals surface area (Å²) < 4.78 is 16.7. The number of pyridine rings is 1. The fraction of sp³-hybridized carbons (Fsp3) is 0.463. The number of hydrogen-bond acceptors (Lipinski definition) is 8. The van der Waals surface area contributed by atoms with Crippen molar-refractivity contribution in [2.75, 3.05) is 37.4 Å². The molecule has 280 valence electrons. The molecule has 53 heavy (non-hydrogen) atoms. The maximum atomic E-state index is 13.8. The van der Waals surface area contributed by atoms with E-state index in [4.69, 9.17) is 14.6 Å². The Morgan fingerprint density at radius 3 is 2.55 bits per heavy atom. The number of aromatic nitrogens is 5. The zero-order valence-corrected chi connectivity index (χ0v) is 32.0. The van der Waals surface area contributed by atoms with E-state index in [1.165, 1.54) is 6.42 Å². The molecule has 1 aliphatic carbocycles. The molecule has 0 spiro atoms. The van der Waals surface area contributed by atoms with Gasteiger partial charge in [0.15, 0.2) is 5.65 Å². The van der Waals surface area contributed by atoms with E-state index in [0.29, 0.717) is 11.9 Å². The maximum Gasteiger partial charge on any atom is 0.320 e. The molecule has 1 aliphatic heterocycles. The van der Waals surface area contributed by atoms with Crippen molar-refractivity contribution in [3.05, 3.63) is 89.7 Å². The van der Waals surface area contributed by atoms with Crippen LogP contribution in [0.3, 0.4) is 0 Å². The van der Waals surface area contributed by atoms with Gasteiger partial charge in [-0.05, 0) is 95.4 Å². The maximum absolute atomic E-state index is 13.8. The van der Waals surface area contributed by atoms with E-state index < -0.39 is 0 Å². The van der Waals surface area contributed by atoms with Gasteiger partial charge in [0.05, 0.1) is 23.6 Å². The summed E-state index contributed by atoms with van der Waals surface area (Å²) >= 11 is 0. The fourth-order valence-corrected chi connectivity index (χ4v) is 7.52. The van der Waals surface area contributed by atoms with Crippen LogP contribution in [0.1, 0.15) is 95.7 Å². The highest BCUT2D eigenvalue weighted by Crippen LogP contribution is 2.39. The first-order valence-corrected chi connectivity index (χ1v) is 18.9. The van der Waals surface area contributed by atoms with Crippen LogP contribution < -0.4 is 25.0 Å². The Morgan fingerprint density at radius 2 is 1.77 bits per heavy atom. The second-order valence-electron chi connectivity index (χ2n) is 15.9. The van der Waals surface area contributed by atoms with Crippen LogP contribution in [0, 0.1) is 0 Å². The highest BCUT2D eigenvalue weighted by Gasteiger charge is 2.31. The standard InChI is InChI=1S/C41H53N9O3/c1-27-13-10-11-22-48(27)40-45-44-37-21-18-31(26-49(37)40)53-35-20-19-34(32-16-8-9-17-33(32)35)42-39(51)43-38-24-36(41(3,4)5)46-50(38)29-14-12-15-30(23-29)52-28(2)25-47(6)7/h8-9,12,14-18,21,23-24,26-28,34-35H,10-11,13,19-20,22,25H2,1-7H3,(H2,42,43,51)/t27-,28-,34-,35+/m0/s1. The van der Waals surface area contributed by atoms with Gasteiger partial charge in [0.1, 0.15) is 29.5 Å². The van der Waals surface area contributed by atoms with Crippen LogP contribution in [0.2, 0.25) is 0 Å². The number of benzene rings is 2. The first-order chi connectivity index (χ1) is 25.4. The summed E-state index contributed by atoms with van der Waals surface area (Å²) in [6.45, 7) is 12.4. The van der Waals surface area contributed by atoms with Crippen LogP contribution in [0.5, 0.6) is 11.5 Å². The second kappa shape index (κ2) is 15.1. The van der Waals surface area contributed by atoms with E-state index in [-0.39, 0.29) is 29.7 Å². The number of urea groups is 1. The van der Waals surface area contributed by atoms with E-state index in [2.05, 4.69) is 77.4 Å².